The minimum Gasteiger partial charge on any atom is -0.348 e. The van der Waals surface area contributed by atoms with E-state index < -0.39 is 29.9 Å². The summed E-state index contributed by atoms with van der Waals surface area (Å²) in [4.78, 5) is 55.8. The van der Waals surface area contributed by atoms with Crippen molar-refractivity contribution in [1.29, 1.82) is 0 Å². The van der Waals surface area contributed by atoms with Crippen LogP contribution in [0.4, 0.5) is 0 Å². The second-order valence-electron chi connectivity index (χ2n) is 6.25. The molecular formula is C15H20N6O4. The molecule has 0 bridgehead atoms. The minimum absolute atomic E-state index is 0.0709. The van der Waals surface area contributed by atoms with E-state index in [0.717, 1.165) is 5.69 Å². The minimum atomic E-state index is -0.796. The van der Waals surface area contributed by atoms with Gasteiger partial charge in [0.1, 0.15) is 12.1 Å². The normalized spacial score (nSPS) is 23.6. The Morgan fingerprint density at radius 1 is 1.40 bits per heavy atom. The van der Waals surface area contributed by atoms with Gasteiger partial charge in [-0.25, -0.2) is 4.98 Å². The highest BCUT2D eigenvalue weighted by molar-refractivity contribution is 6.06. The zero-order valence-corrected chi connectivity index (χ0v) is 13.5. The average molecular weight is 348 g/mol. The Kier molecular flexibility index (Phi) is 4.79. The maximum absolute atomic E-state index is 12.6. The van der Waals surface area contributed by atoms with Crippen molar-refractivity contribution in [1.82, 2.24) is 25.5 Å². The molecule has 3 atom stereocenters. The summed E-state index contributed by atoms with van der Waals surface area (Å²) in [5.41, 5.74) is 6.69. The summed E-state index contributed by atoms with van der Waals surface area (Å²) in [6, 6.07) is -2.19. The Morgan fingerprint density at radius 3 is 2.80 bits per heavy atom. The molecule has 3 rings (SSSR count). The van der Waals surface area contributed by atoms with Crippen LogP contribution in [0.1, 0.15) is 25.0 Å². The van der Waals surface area contributed by atoms with Gasteiger partial charge in [0, 0.05) is 24.9 Å². The lowest BCUT2D eigenvalue weighted by Crippen LogP contribution is -2.60. The highest BCUT2D eigenvalue weighted by Crippen LogP contribution is 2.19. The van der Waals surface area contributed by atoms with Crippen LogP contribution in [-0.2, 0) is 25.6 Å². The molecular weight excluding hydrogens is 328 g/mol. The smallest absolute Gasteiger partial charge is 0.249 e. The fourth-order valence-electron chi connectivity index (χ4n) is 3.05. The average Bonchev–Trinajstić information content (AvgIpc) is 3.22. The van der Waals surface area contributed by atoms with Crippen molar-refractivity contribution in [2.45, 2.75) is 43.8 Å². The zero-order chi connectivity index (χ0) is 18.0. The molecule has 10 nitrogen and oxygen atoms in total. The first-order chi connectivity index (χ1) is 12.0. The van der Waals surface area contributed by atoms with Crippen LogP contribution in [0, 0.1) is 0 Å². The molecule has 1 unspecified atom stereocenters. The molecule has 4 amide bonds. The van der Waals surface area contributed by atoms with E-state index in [2.05, 4.69) is 20.6 Å². The van der Waals surface area contributed by atoms with Crippen molar-refractivity contribution >= 4 is 23.6 Å². The van der Waals surface area contributed by atoms with E-state index in [1.807, 2.05) is 0 Å². The van der Waals surface area contributed by atoms with Crippen molar-refractivity contribution < 1.29 is 19.2 Å². The first-order valence-electron chi connectivity index (χ1n) is 8.13. The third kappa shape index (κ3) is 3.68. The fraction of sp³-hybridized carbons (Fsp3) is 0.533. The van der Waals surface area contributed by atoms with Gasteiger partial charge in [0.05, 0.1) is 18.8 Å². The van der Waals surface area contributed by atoms with Crippen molar-refractivity contribution in [3.05, 3.63) is 18.2 Å². The van der Waals surface area contributed by atoms with E-state index in [0.29, 0.717) is 19.4 Å². The number of nitrogens with two attached hydrogens (primary N) is 1. The molecule has 5 N–H and O–H groups in total. The number of rotatable bonds is 5. The molecule has 0 radical (unpaired) electrons. The van der Waals surface area contributed by atoms with Gasteiger partial charge in [-0.3, -0.25) is 24.5 Å². The maximum atomic E-state index is 12.6. The van der Waals surface area contributed by atoms with Crippen LogP contribution in [0.15, 0.2) is 12.5 Å². The van der Waals surface area contributed by atoms with Crippen molar-refractivity contribution in [3.63, 3.8) is 0 Å². The standard InChI is InChI=1S/C15H20N6O4/c16-9(4-8-6-17-7-18-8)15(25)21-3-1-2-11(21)14(24)20-13(23)10-5-12(22)19-10/h6-7,9-11H,1-5,16H2,(H,17,18)(H,19,22)(H,20,23,24)/t9-,10?,11-/m0/s1. The molecule has 3 heterocycles. The summed E-state index contributed by atoms with van der Waals surface area (Å²) < 4.78 is 0. The number of aromatic nitrogens is 2. The lowest BCUT2D eigenvalue weighted by molar-refractivity contribution is -0.144. The van der Waals surface area contributed by atoms with Gasteiger partial charge in [0.15, 0.2) is 0 Å². The third-order valence-corrected chi connectivity index (χ3v) is 4.44. The van der Waals surface area contributed by atoms with Gasteiger partial charge in [-0.15, -0.1) is 0 Å². The number of β-lactam (4-membered cyclic amide) rings is 1. The molecule has 1 aromatic rings. The summed E-state index contributed by atoms with van der Waals surface area (Å²) in [6.07, 6.45) is 4.59. The summed E-state index contributed by atoms with van der Waals surface area (Å²) in [6.45, 7) is 0.419. The van der Waals surface area contributed by atoms with Gasteiger partial charge in [-0.2, -0.15) is 0 Å². The number of nitrogens with zero attached hydrogens (tertiary/aromatic N) is 2. The van der Waals surface area contributed by atoms with Gasteiger partial charge in [0.25, 0.3) is 0 Å². The van der Waals surface area contributed by atoms with Crippen LogP contribution in [0.3, 0.4) is 0 Å². The van der Waals surface area contributed by atoms with Gasteiger partial charge in [-0.05, 0) is 12.8 Å². The molecule has 0 aliphatic carbocycles. The van der Waals surface area contributed by atoms with Crippen LogP contribution in [0.2, 0.25) is 0 Å². The number of likely N-dealkylation sites (tertiary alicyclic amines) is 1. The SMILES string of the molecule is N[C@@H](Cc1cnc[nH]1)C(=O)N1CCC[C@H]1C(=O)NC(=O)C1CC(=O)N1. The molecule has 2 aliphatic rings. The van der Waals surface area contributed by atoms with Gasteiger partial charge in [0.2, 0.25) is 23.6 Å². The quantitative estimate of drug-likeness (QED) is 0.350. The summed E-state index contributed by atoms with van der Waals surface area (Å²) >= 11 is 0. The van der Waals surface area contributed by atoms with E-state index in [1.54, 1.807) is 6.20 Å². The largest absolute Gasteiger partial charge is 0.348 e. The lowest BCUT2D eigenvalue weighted by Gasteiger charge is -2.28. The summed E-state index contributed by atoms with van der Waals surface area (Å²) in [7, 11) is 0. The number of aromatic amines is 1. The number of nitrogens with one attached hydrogen (secondary N) is 3. The molecule has 0 spiro atoms. The first-order valence-corrected chi connectivity index (χ1v) is 8.13. The van der Waals surface area contributed by atoms with E-state index in [-0.39, 0.29) is 24.7 Å². The summed E-state index contributed by atoms with van der Waals surface area (Å²) in [5, 5.41) is 4.67. The molecule has 2 saturated heterocycles. The maximum Gasteiger partial charge on any atom is 0.249 e. The fourth-order valence-corrected chi connectivity index (χ4v) is 3.05. The molecule has 25 heavy (non-hydrogen) atoms. The second kappa shape index (κ2) is 7.01. The Morgan fingerprint density at radius 2 is 2.16 bits per heavy atom. The molecule has 2 fully saturated rings. The zero-order valence-electron chi connectivity index (χ0n) is 13.5. The second-order valence-corrected chi connectivity index (χ2v) is 6.25. The molecule has 0 aromatic carbocycles. The van der Waals surface area contributed by atoms with E-state index in [4.69, 9.17) is 5.73 Å². The predicted molar refractivity (Wildman–Crippen MR) is 84.7 cm³/mol. The molecule has 2 aliphatic heterocycles. The number of H-pyrrole nitrogens is 1. The summed E-state index contributed by atoms with van der Waals surface area (Å²) in [5.74, 6) is -1.65. The number of imidazole rings is 1. The monoisotopic (exact) mass is 348 g/mol. The number of amides is 4. The topological polar surface area (TPSA) is 150 Å². The van der Waals surface area contributed by atoms with E-state index >= 15 is 0 Å². The van der Waals surface area contributed by atoms with Gasteiger partial charge < -0.3 is 20.9 Å². The Balaban J connectivity index is 1.57. The Hall–Kier alpha value is -2.75. The lowest BCUT2D eigenvalue weighted by atomic mass is 10.1. The number of carbonyl (C=O) groups excluding carboxylic acids is 4. The molecule has 10 heteroatoms. The van der Waals surface area contributed by atoms with Crippen molar-refractivity contribution in [3.8, 4) is 0 Å². The molecule has 0 saturated carbocycles. The number of imide groups is 1. The van der Waals surface area contributed by atoms with Crippen LogP contribution >= 0.6 is 0 Å². The van der Waals surface area contributed by atoms with Crippen molar-refractivity contribution in [2.75, 3.05) is 6.54 Å². The van der Waals surface area contributed by atoms with E-state index in [1.165, 1.54) is 11.2 Å². The van der Waals surface area contributed by atoms with Crippen LogP contribution < -0.4 is 16.4 Å². The predicted octanol–water partition coefficient (Wildman–Crippen LogP) is -2.20. The molecule has 134 valence electrons. The van der Waals surface area contributed by atoms with Crippen molar-refractivity contribution in [2.24, 2.45) is 5.73 Å². The Bertz CT molecular complexity index is 680. The Labute approximate surface area is 143 Å². The number of hydrogen-bond donors (Lipinski definition) is 4. The number of hydrogen-bond acceptors (Lipinski definition) is 6. The number of carbonyl (C=O) groups is 4. The highest BCUT2D eigenvalue weighted by atomic mass is 16.2. The van der Waals surface area contributed by atoms with E-state index in [9.17, 15) is 19.2 Å². The highest BCUT2D eigenvalue weighted by Gasteiger charge is 2.39. The third-order valence-electron chi connectivity index (χ3n) is 4.44. The van der Waals surface area contributed by atoms with Gasteiger partial charge >= 0.3 is 0 Å². The molecule has 1 aromatic heterocycles. The van der Waals surface area contributed by atoms with Gasteiger partial charge in [-0.1, -0.05) is 0 Å². The van der Waals surface area contributed by atoms with Crippen LogP contribution in [-0.4, -0.2) is 63.2 Å². The van der Waals surface area contributed by atoms with Crippen LogP contribution in [0.5, 0.6) is 0 Å². The van der Waals surface area contributed by atoms with Crippen LogP contribution in [0.25, 0.3) is 0 Å². The first kappa shape index (κ1) is 17.1.